The molecule has 0 bridgehead atoms. The van der Waals surface area contributed by atoms with Crippen molar-refractivity contribution in [1.82, 2.24) is 4.98 Å². The highest BCUT2D eigenvalue weighted by atomic mass is 19.4. The zero-order chi connectivity index (χ0) is 12.9. The van der Waals surface area contributed by atoms with Crippen molar-refractivity contribution in [2.45, 2.75) is 12.6 Å². The highest BCUT2D eigenvalue weighted by Crippen LogP contribution is 2.48. The number of rotatable bonds is 2. The van der Waals surface area contributed by atoms with Gasteiger partial charge in [0.15, 0.2) is 0 Å². The molecule has 0 radical (unpaired) electrons. The minimum Gasteiger partial charge on any atom is -0.355 e. The number of nitrogens with two attached hydrogens (primary N) is 1. The number of aromatic nitrogens is 1. The van der Waals surface area contributed by atoms with Gasteiger partial charge in [0.05, 0.1) is 5.56 Å². The van der Waals surface area contributed by atoms with Crippen molar-refractivity contribution in [3.8, 4) is 0 Å². The van der Waals surface area contributed by atoms with E-state index in [0.29, 0.717) is 24.9 Å². The second kappa shape index (κ2) is 3.74. The Morgan fingerprint density at radius 3 is 2.50 bits per heavy atom. The first-order chi connectivity index (χ1) is 8.49. The van der Waals surface area contributed by atoms with Gasteiger partial charge in [0.25, 0.3) is 0 Å². The lowest BCUT2D eigenvalue weighted by molar-refractivity contribution is -0.137. The number of nitrogen functional groups attached to an aromatic ring is 1. The van der Waals surface area contributed by atoms with Gasteiger partial charge in [-0.05, 0) is 30.4 Å². The highest BCUT2D eigenvalue weighted by molar-refractivity contribution is 5.55. The molecule has 1 aliphatic carbocycles. The average molecular weight is 258 g/mol. The quantitative estimate of drug-likeness (QED) is 0.628. The molecule has 2 aliphatic rings. The van der Waals surface area contributed by atoms with Crippen LogP contribution in [-0.2, 0) is 6.18 Å². The number of nitrogens with one attached hydrogen (secondary N) is 1. The van der Waals surface area contributed by atoms with Gasteiger partial charge in [0.1, 0.15) is 11.6 Å². The van der Waals surface area contributed by atoms with Gasteiger partial charge in [-0.2, -0.15) is 13.2 Å². The van der Waals surface area contributed by atoms with Crippen molar-refractivity contribution < 1.29 is 13.2 Å². The summed E-state index contributed by atoms with van der Waals surface area (Å²) in [7, 11) is 0. The van der Waals surface area contributed by atoms with E-state index in [1.165, 1.54) is 6.07 Å². The molecule has 1 aromatic rings. The number of pyridine rings is 1. The predicted molar refractivity (Wildman–Crippen MR) is 60.9 cm³/mol. The number of nitrogens with zero attached hydrogens (tertiary/aromatic N) is 2. The number of hydrazine groups is 1. The van der Waals surface area contributed by atoms with Crippen LogP contribution in [0.1, 0.15) is 12.0 Å². The van der Waals surface area contributed by atoms with E-state index in [-0.39, 0.29) is 11.6 Å². The standard InChI is InChI=1S/C11H13F3N4/c12-11(13,14)8-1-2-9(17-15)16-10(8)18-4-6-3-7(6)5-18/h1-2,6-7H,3-5,15H2,(H,16,17). The Morgan fingerprint density at radius 1 is 1.28 bits per heavy atom. The van der Waals surface area contributed by atoms with E-state index in [2.05, 4.69) is 10.4 Å². The van der Waals surface area contributed by atoms with E-state index in [4.69, 9.17) is 5.84 Å². The van der Waals surface area contributed by atoms with Gasteiger partial charge in [-0.3, -0.25) is 0 Å². The van der Waals surface area contributed by atoms with Crippen molar-refractivity contribution >= 4 is 11.6 Å². The minimum absolute atomic E-state index is 0.00912. The van der Waals surface area contributed by atoms with Crippen LogP contribution in [0.4, 0.5) is 24.8 Å². The van der Waals surface area contributed by atoms with Crippen molar-refractivity contribution in [3.63, 3.8) is 0 Å². The fourth-order valence-electron chi connectivity index (χ4n) is 2.56. The third-order valence-electron chi connectivity index (χ3n) is 3.61. The number of hydrogen-bond donors (Lipinski definition) is 2. The first-order valence-corrected chi connectivity index (χ1v) is 5.79. The third-order valence-corrected chi connectivity index (χ3v) is 3.61. The number of piperidine rings is 1. The SMILES string of the molecule is NNc1ccc(C(F)(F)F)c(N2CC3CC3C2)n1. The van der Waals surface area contributed by atoms with Crippen molar-refractivity contribution in [2.24, 2.45) is 17.7 Å². The molecule has 2 unspecified atom stereocenters. The van der Waals surface area contributed by atoms with Gasteiger partial charge in [0.2, 0.25) is 0 Å². The van der Waals surface area contributed by atoms with Gasteiger partial charge >= 0.3 is 6.18 Å². The summed E-state index contributed by atoms with van der Waals surface area (Å²) in [4.78, 5) is 5.68. The summed E-state index contributed by atoms with van der Waals surface area (Å²) in [6.07, 6.45) is -3.26. The Kier molecular flexibility index (Phi) is 2.41. The van der Waals surface area contributed by atoms with E-state index in [9.17, 15) is 13.2 Å². The second-order valence-corrected chi connectivity index (χ2v) is 4.87. The van der Waals surface area contributed by atoms with Crippen LogP contribution in [0.25, 0.3) is 0 Å². The van der Waals surface area contributed by atoms with Crippen LogP contribution in [0.5, 0.6) is 0 Å². The molecular weight excluding hydrogens is 245 g/mol. The Morgan fingerprint density at radius 2 is 1.94 bits per heavy atom. The van der Waals surface area contributed by atoms with Crippen LogP contribution >= 0.6 is 0 Å². The minimum atomic E-state index is -4.39. The summed E-state index contributed by atoms with van der Waals surface area (Å²) in [5.41, 5.74) is 1.59. The smallest absolute Gasteiger partial charge is 0.355 e. The number of alkyl halides is 3. The van der Waals surface area contributed by atoms with Crippen LogP contribution in [0.2, 0.25) is 0 Å². The molecule has 18 heavy (non-hydrogen) atoms. The maximum absolute atomic E-state index is 12.9. The lowest BCUT2D eigenvalue weighted by Crippen LogP contribution is -2.27. The molecule has 0 aromatic carbocycles. The van der Waals surface area contributed by atoms with Gasteiger partial charge < -0.3 is 10.3 Å². The topological polar surface area (TPSA) is 54.2 Å². The summed E-state index contributed by atoms with van der Waals surface area (Å²) in [6.45, 7) is 1.32. The van der Waals surface area contributed by atoms with E-state index >= 15 is 0 Å². The highest BCUT2D eigenvalue weighted by Gasteiger charge is 2.47. The van der Waals surface area contributed by atoms with Crippen LogP contribution < -0.4 is 16.2 Å². The molecule has 2 heterocycles. The van der Waals surface area contributed by atoms with Gasteiger partial charge in [-0.15, -0.1) is 0 Å². The molecule has 98 valence electrons. The molecule has 3 rings (SSSR count). The molecule has 0 spiro atoms. The summed E-state index contributed by atoms with van der Waals surface area (Å²) in [5, 5.41) is 0. The van der Waals surface area contributed by atoms with Crippen molar-refractivity contribution in [3.05, 3.63) is 17.7 Å². The maximum Gasteiger partial charge on any atom is 0.419 e. The first kappa shape index (κ1) is 11.6. The zero-order valence-electron chi connectivity index (χ0n) is 9.54. The lowest BCUT2D eigenvalue weighted by Gasteiger charge is -2.23. The summed E-state index contributed by atoms with van der Waals surface area (Å²) >= 11 is 0. The van der Waals surface area contributed by atoms with E-state index in [1.807, 2.05) is 0 Å². The Hall–Kier alpha value is -1.50. The Bertz CT molecular complexity index is 464. The Labute approximate surface area is 102 Å². The van der Waals surface area contributed by atoms with E-state index in [0.717, 1.165) is 12.5 Å². The molecule has 4 nitrogen and oxygen atoms in total. The summed E-state index contributed by atoms with van der Waals surface area (Å²) < 4.78 is 38.8. The molecule has 0 amide bonds. The lowest BCUT2D eigenvalue weighted by atomic mass is 10.2. The average Bonchev–Trinajstić information content (AvgIpc) is 2.94. The molecule has 2 fully saturated rings. The van der Waals surface area contributed by atoms with Crippen molar-refractivity contribution in [2.75, 3.05) is 23.4 Å². The van der Waals surface area contributed by atoms with Crippen LogP contribution in [0.15, 0.2) is 12.1 Å². The fraction of sp³-hybridized carbons (Fsp3) is 0.545. The summed E-state index contributed by atoms with van der Waals surface area (Å²) in [6, 6.07) is 2.27. The number of halogens is 3. The normalized spacial score (nSPS) is 26.1. The number of hydrogen-bond acceptors (Lipinski definition) is 4. The molecule has 3 N–H and O–H groups in total. The van der Waals surface area contributed by atoms with Crippen LogP contribution in [0, 0.1) is 11.8 Å². The molecule has 7 heteroatoms. The maximum atomic E-state index is 12.9. The summed E-state index contributed by atoms with van der Waals surface area (Å²) in [5.74, 6) is 6.53. The molecule has 1 aliphatic heterocycles. The number of fused-ring (bicyclic) bond motifs is 1. The molecule has 2 atom stereocenters. The number of anilines is 2. The monoisotopic (exact) mass is 258 g/mol. The predicted octanol–water partition coefficient (Wildman–Crippen LogP) is 1.84. The van der Waals surface area contributed by atoms with Crippen LogP contribution in [-0.4, -0.2) is 18.1 Å². The molecular formula is C11H13F3N4. The van der Waals surface area contributed by atoms with Crippen LogP contribution in [0.3, 0.4) is 0 Å². The fourth-order valence-corrected chi connectivity index (χ4v) is 2.56. The Balaban J connectivity index is 1.98. The molecule has 1 saturated heterocycles. The van der Waals surface area contributed by atoms with E-state index in [1.54, 1.807) is 4.90 Å². The van der Waals surface area contributed by atoms with Gasteiger partial charge in [-0.1, -0.05) is 0 Å². The zero-order valence-corrected chi connectivity index (χ0v) is 9.54. The van der Waals surface area contributed by atoms with Gasteiger partial charge in [0, 0.05) is 13.1 Å². The molecule has 1 saturated carbocycles. The third kappa shape index (κ3) is 1.88. The second-order valence-electron chi connectivity index (χ2n) is 4.87. The molecule has 1 aromatic heterocycles. The van der Waals surface area contributed by atoms with E-state index < -0.39 is 11.7 Å². The largest absolute Gasteiger partial charge is 0.419 e. The van der Waals surface area contributed by atoms with Crippen molar-refractivity contribution in [1.29, 1.82) is 0 Å². The first-order valence-electron chi connectivity index (χ1n) is 5.79. The van der Waals surface area contributed by atoms with Gasteiger partial charge in [-0.25, -0.2) is 10.8 Å².